The first-order valence-electron chi connectivity index (χ1n) is 5.36. The Morgan fingerprint density at radius 1 is 1.16 bits per heavy atom. The number of sulfonamides is 1. The molecule has 19 heavy (non-hydrogen) atoms. The van der Waals surface area contributed by atoms with E-state index >= 15 is 0 Å². The van der Waals surface area contributed by atoms with Gasteiger partial charge in [0.25, 0.3) is 0 Å². The first kappa shape index (κ1) is 15.6. The molecular formula is C11H14N2O4S2. The van der Waals surface area contributed by atoms with Crippen LogP contribution in [0, 0.1) is 11.3 Å². The highest BCUT2D eigenvalue weighted by molar-refractivity contribution is 7.91. The van der Waals surface area contributed by atoms with Crippen molar-refractivity contribution in [1.82, 2.24) is 4.72 Å². The topological polar surface area (TPSA) is 104 Å². The number of hydrogen-bond donors (Lipinski definition) is 1. The molecule has 6 nitrogen and oxygen atoms in total. The summed E-state index contributed by atoms with van der Waals surface area (Å²) >= 11 is 0. The third kappa shape index (κ3) is 6.33. The van der Waals surface area contributed by atoms with Crippen molar-refractivity contribution in [3.8, 4) is 6.07 Å². The highest BCUT2D eigenvalue weighted by Crippen LogP contribution is 2.07. The first-order chi connectivity index (χ1) is 8.72. The second kappa shape index (κ2) is 6.14. The maximum absolute atomic E-state index is 11.7. The largest absolute Gasteiger partial charge is 0.229 e. The molecule has 1 rings (SSSR count). The highest BCUT2D eigenvalue weighted by atomic mass is 32.2. The summed E-state index contributed by atoms with van der Waals surface area (Å²) < 4.78 is 47.3. The van der Waals surface area contributed by atoms with Crippen LogP contribution in [0.3, 0.4) is 0 Å². The molecule has 8 heteroatoms. The summed E-state index contributed by atoms with van der Waals surface area (Å²) in [6.45, 7) is -0.141. The van der Waals surface area contributed by atoms with Crippen LogP contribution in [-0.4, -0.2) is 35.4 Å². The standard InChI is InChI=1S/C11H14N2O4S2/c1-18(14,15)7-6-13-19(16,17)9-11-4-2-10(8-12)3-5-11/h2-5,13H,6-7,9H2,1H3. The monoisotopic (exact) mass is 302 g/mol. The van der Waals surface area contributed by atoms with Crippen molar-refractivity contribution in [2.75, 3.05) is 18.6 Å². The predicted octanol–water partition coefficient (Wildman–Crippen LogP) is 0.0223. The van der Waals surface area contributed by atoms with Crippen molar-refractivity contribution in [2.45, 2.75) is 5.75 Å². The van der Waals surface area contributed by atoms with Crippen LogP contribution in [0.15, 0.2) is 24.3 Å². The lowest BCUT2D eigenvalue weighted by atomic mass is 10.2. The van der Waals surface area contributed by atoms with Crippen molar-refractivity contribution < 1.29 is 16.8 Å². The van der Waals surface area contributed by atoms with Gasteiger partial charge in [-0.3, -0.25) is 0 Å². The molecule has 0 aliphatic carbocycles. The maximum Gasteiger partial charge on any atom is 0.215 e. The van der Waals surface area contributed by atoms with Gasteiger partial charge in [0.05, 0.1) is 23.1 Å². The van der Waals surface area contributed by atoms with Gasteiger partial charge < -0.3 is 0 Å². The lowest BCUT2D eigenvalue weighted by Crippen LogP contribution is -2.29. The van der Waals surface area contributed by atoms with Crippen LogP contribution < -0.4 is 4.72 Å². The van der Waals surface area contributed by atoms with E-state index in [0.717, 1.165) is 6.26 Å². The molecule has 0 aliphatic rings. The van der Waals surface area contributed by atoms with Gasteiger partial charge in [0.2, 0.25) is 10.0 Å². The first-order valence-corrected chi connectivity index (χ1v) is 9.07. The molecule has 0 atom stereocenters. The molecule has 0 bridgehead atoms. The lowest BCUT2D eigenvalue weighted by molar-refractivity contribution is 0.581. The van der Waals surface area contributed by atoms with Crippen molar-refractivity contribution in [2.24, 2.45) is 0 Å². The molecule has 0 fully saturated rings. The molecule has 0 unspecified atom stereocenters. The molecule has 1 N–H and O–H groups in total. The molecule has 0 amide bonds. The van der Waals surface area contributed by atoms with Gasteiger partial charge in [0, 0.05) is 12.8 Å². The zero-order valence-corrected chi connectivity index (χ0v) is 12.0. The summed E-state index contributed by atoms with van der Waals surface area (Å²) in [4.78, 5) is 0. The number of rotatable bonds is 6. The maximum atomic E-state index is 11.7. The molecule has 0 radical (unpaired) electrons. The molecule has 0 heterocycles. The van der Waals surface area contributed by atoms with E-state index in [0.29, 0.717) is 11.1 Å². The van der Waals surface area contributed by atoms with Crippen LogP contribution in [0.2, 0.25) is 0 Å². The fourth-order valence-corrected chi connectivity index (χ4v) is 3.08. The third-order valence-electron chi connectivity index (χ3n) is 2.23. The Balaban J connectivity index is 2.61. The van der Waals surface area contributed by atoms with E-state index in [-0.39, 0.29) is 18.1 Å². The quantitative estimate of drug-likeness (QED) is 0.798. The smallest absolute Gasteiger partial charge is 0.215 e. The Bertz CT molecular complexity index is 670. The molecule has 0 aromatic heterocycles. The molecule has 0 aliphatic heterocycles. The van der Waals surface area contributed by atoms with Crippen molar-refractivity contribution in [3.05, 3.63) is 35.4 Å². The summed E-state index contributed by atoms with van der Waals surface area (Å²) in [6.07, 6.45) is 1.04. The van der Waals surface area contributed by atoms with Gasteiger partial charge in [-0.15, -0.1) is 0 Å². The Kier molecular flexibility index (Phi) is 5.05. The van der Waals surface area contributed by atoms with Gasteiger partial charge in [-0.2, -0.15) is 5.26 Å². The lowest BCUT2D eigenvalue weighted by Gasteiger charge is -2.06. The fourth-order valence-electron chi connectivity index (χ4n) is 1.33. The molecule has 1 aromatic rings. The molecule has 1 aromatic carbocycles. The molecule has 104 valence electrons. The minimum Gasteiger partial charge on any atom is -0.229 e. The van der Waals surface area contributed by atoms with Crippen LogP contribution in [0.25, 0.3) is 0 Å². The zero-order valence-electron chi connectivity index (χ0n) is 10.3. The summed E-state index contributed by atoms with van der Waals surface area (Å²) in [6, 6.07) is 8.09. The highest BCUT2D eigenvalue weighted by Gasteiger charge is 2.12. The number of nitriles is 1. The van der Waals surface area contributed by atoms with Gasteiger partial charge in [-0.25, -0.2) is 21.6 Å². The Labute approximate surface area is 113 Å². The van der Waals surface area contributed by atoms with E-state index in [1.807, 2.05) is 6.07 Å². The average Bonchev–Trinajstić information content (AvgIpc) is 2.27. The van der Waals surface area contributed by atoms with Crippen LogP contribution in [0.4, 0.5) is 0 Å². The van der Waals surface area contributed by atoms with E-state index in [2.05, 4.69) is 4.72 Å². The normalized spacial score (nSPS) is 12.0. The summed E-state index contributed by atoms with van der Waals surface area (Å²) in [5.41, 5.74) is 0.983. The van der Waals surface area contributed by atoms with Gasteiger partial charge in [-0.1, -0.05) is 12.1 Å². The van der Waals surface area contributed by atoms with Gasteiger partial charge in [0.1, 0.15) is 9.84 Å². The number of benzene rings is 1. The molecular weight excluding hydrogens is 288 g/mol. The number of hydrogen-bond acceptors (Lipinski definition) is 5. The van der Waals surface area contributed by atoms with Crippen LogP contribution in [0.5, 0.6) is 0 Å². The predicted molar refractivity (Wildman–Crippen MR) is 71.5 cm³/mol. The third-order valence-corrected chi connectivity index (χ3v) is 4.54. The molecule has 0 spiro atoms. The zero-order chi connectivity index (χ0) is 14.5. The summed E-state index contributed by atoms with van der Waals surface area (Å²) in [5.74, 6) is -0.484. The molecule has 0 saturated carbocycles. The van der Waals surface area contributed by atoms with E-state index < -0.39 is 19.9 Å². The molecule has 0 saturated heterocycles. The summed E-state index contributed by atoms with van der Waals surface area (Å²) in [7, 11) is -6.77. The number of nitrogens with one attached hydrogen (secondary N) is 1. The Morgan fingerprint density at radius 2 is 1.74 bits per heavy atom. The summed E-state index contributed by atoms with van der Waals surface area (Å²) in [5, 5.41) is 8.62. The second-order valence-corrected chi connectivity index (χ2v) is 8.16. The van der Waals surface area contributed by atoms with E-state index in [9.17, 15) is 16.8 Å². The Morgan fingerprint density at radius 3 is 2.21 bits per heavy atom. The van der Waals surface area contributed by atoms with Gasteiger partial charge >= 0.3 is 0 Å². The minimum atomic E-state index is -3.57. The van der Waals surface area contributed by atoms with E-state index in [1.165, 1.54) is 12.1 Å². The minimum absolute atomic E-state index is 0.141. The number of nitrogens with zero attached hydrogens (tertiary/aromatic N) is 1. The van der Waals surface area contributed by atoms with Crippen LogP contribution >= 0.6 is 0 Å². The number of sulfone groups is 1. The van der Waals surface area contributed by atoms with E-state index in [4.69, 9.17) is 5.26 Å². The second-order valence-electron chi connectivity index (χ2n) is 4.09. The van der Waals surface area contributed by atoms with Gasteiger partial charge in [-0.05, 0) is 17.7 Å². The van der Waals surface area contributed by atoms with Crippen LogP contribution in [0.1, 0.15) is 11.1 Å². The van der Waals surface area contributed by atoms with Crippen molar-refractivity contribution in [3.63, 3.8) is 0 Å². The average molecular weight is 302 g/mol. The Hall–Kier alpha value is -1.43. The SMILES string of the molecule is CS(=O)(=O)CCNS(=O)(=O)Cc1ccc(C#N)cc1. The van der Waals surface area contributed by atoms with E-state index in [1.54, 1.807) is 12.1 Å². The van der Waals surface area contributed by atoms with Crippen molar-refractivity contribution >= 4 is 19.9 Å². The van der Waals surface area contributed by atoms with Crippen LogP contribution in [-0.2, 0) is 25.6 Å². The fraction of sp³-hybridized carbons (Fsp3) is 0.364. The van der Waals surface area contributed by atoms with Gasteiger partial charge in [0.15, 0.2) is 0 Å². The van der Waals surface area contributed by atoms with Crippen molar-refractivity contribution in [1.29, 1.82) is 5.26 Å².